The molecule has 1 atom stereocenters. The van der Waals surface area contributed by atoms with Crippen molar-refractivity contribution in [3.8, 4) is 11.5 Å². The van der Waals surface area contributed by atoms with Gasteiger partial charge in [0.1, 0.15) is 17.3 Å². The maximum atomic E-state index is 13.2. The molecule has 5 nitrogen and oxygen atoms in total. The lowest BCUT2D eigenvalue weighted by atomic mass is 10.2. The molecule has 0 N–H and O–H groups in total. The molecule has 0 aliphatic carbocycles. The molecule has 1 aliphatic heterocycles. The Kier molecular flexibility index (Phi) is 6.21. The van der Waals surface area contributed by atoms with Crippen LogP contribution in [0.4, 0.5) is 10.1 Å². The Morgan fingerprint density at radius 1 is 1.11 bits per heavy atom. The van der Waals surface area contributed by atoms with Crippen LogP contribution in [-0.2, 0) is 4.79 Å². The van der Waals surface area contributed by atoms with E-state index in [-0.39, 0.29) is 11.7 Å². The topological polar surface area (TPSA) is 42.0 Å². The minimum absolute atomic E-state index is 0.0779. The zero-order valence-electron chi connectivity index (χ0n) is 15.3. The van der Waals surface area contributed by atoms with Crippen LogP contribution < -0.4 is 14.4 Å². The number of nitrogens with zero attached hydrogens (tertiary/aromatic N) is 2. The van der Waals surface area contributed by atoms with E-state index in [0.29, 0.717) is 23.3 Å². The van der Waals surface area contributed by atoms with Crippen molar-refractivity contribution in [1.82, 2.24) is 4.90 Å². The van der Waals surface area contributed by atoms with Crippen LogP contribution in [0.1, 0.15) is 6.92 Å². The highest BCUT2D eigenvalue weighted by molar-refractivity contribution is 9.10. The number of piperazine rings is 1. The number of para-hydroxylation sites is 2. The SMILES string of the molecule is COc1ccccc1N1CCN(C(=O)C(C)Oc2ccc(F)cc2Br)CC1. The van der Waals surface area contributed by atoms with E-state index in [9.17, 15) is 9.18 Å². The number of hydrogen-bond donors (Lipinski definition) is 0. The van der Waals surface area contributed by atoms with E-state index in [2.05, 4.69) is 20.8 Å². The molecule has 0 radical (unpaired) electrons. The fraction of sp³-hybridized carbons (Fsp3) is 0.350. The molecular weight excluding hydrogens is 415 g/mol. The van der Waals surface area contributed by atoms with Crippen molar-refractivity contribution in [3.05, 3.63) is 52.8 Å². The highest BCUT2D eigenvalue weighted by Crippen LogP contribution is 2.29. The van der Waals surface area contributed by atoms with Gasteiger partial charge in [-0.15, -0.1) is 0 Å². The third-order valence-electron chi connectivity index (χ3n) is 4.56. The molecule has 0 aromatic heterocycles. The second-order valence-electron chi connectivity index (χ2n) is 6.32. The number of carbonyl (C=O) groups is 1. The molecule has 1 fully saturated rings. The lowest BCUT2D eigenvalue weighted by Crippen LogP contribution is -2.52. The van der Waals surface area contributed by atoms with E-state index in [1.54, 1.807) is 18.9 Å². The highest BCUT2D eigenvalue weighted by Gasteiger charge is 2.27. The normalized spacial score (nSPS) is 15.4. The van der Waals surface area contributed by atoms with Crippen molar-refractivity contribution >= 4 is 27.5 Å². The predicted octanol–water partition coefficient (Wildman–Crippen LogP) is 3.71. The zero-order chi connectivity index (χ0) is 19.4. The lowest BCUT2D eigenvalue weighted by Gasteiger charge is -2.37. The molecule has 3 rings (SSSR count). The number of hydrogen-bond acceptors (Lipinski definition) is 4. The Balaban J connectivity index is 1.59. The maximum absolute atomic E-state index is 13.2. The van der Waals surface area contributed by atoms with Gasteiger partial charge in [-0.25, -0.2) is 4.39 Å². The van der Waals surface area contributed by atoms with Crippen LogP contribution in [0.25, 0.3) is 0 Å². The van der Waals surface area contributed by atoms with E-state index in [0.717, 1.165) is 24.5 Å². The van der Waals surface area contributed by atoms with Crippen molar-refractivity contribution in [1.29, 1.82) is 0 Å². The summed E-state index contributed by atoms with van der Waals surface area (Å²) < 4.78 is 24.8. The van der Waals surface area contributed by atoms with E-state index < -0.39 is 6.10 Å². The summed E-state index contributed by atoms with van der Waals surface area (Å²) in [5.41, 5.74) is 1.03. The molecule has 144 valence electrons. The summed E-state index contributed by atoms with van der Waals surface area (Å²) in [5.74, 6) is 0.839. The summed E-state index contributed by atoms with van der Waals surface area (Å²) >= 11 is 3.26. The van der Waals surface area contributed by atoms with Crippen molar-refractivity contribution in [3.63, 3.8) is 0 Å². The standard InChI is InChI=1S/C20H22BrFN2O3/c1-14(27-18-8-7-15(22)13-16(18)21)20(25)24-11-9-23(10-12-24)17-5-3-4-6-19(17)26-2/h3-8,13-14H,9-12H2,1-2H3. The third kappa shape index (κ3) is 4.53. The van der Waals surface area contributed by atoms with Gasteiger partial charge in [0.2, 0.25) is 0 Å². The van der Waals surface area contributed by atoms with Crippen molar-refractivity contribution in [2.75, 3.05) is 38.2 Å². The van der Waals surface area contributed by atoms with Crippen LogP contribution in [0.3, 0.4) is 0 Å². The van der Waals surface area contributed by atoms with Crippen LogP contribution in [0.5, 0.6) is 11.5 Å². The number of benzene rings is 2. The summed E-state index contributed by atoms with van der Waals surface area (Å²) in [7, 11) is 1.66. The predicted molar refractivity (Wildman–Crippen MR) is 106 cm³/mol. The van der Waals surface area contributed by atoms with Crippen LogP contribution in [-0.4, -0.2) is 50.2 Å². The molecule has 1 saturated heterocycles. The molecule has 2 aromatic carbocycles. The summed E-state index contributed by atoms with van der Waals surface area (Å²) in [5, 5.41) is 0. The first-order chi connectivity index (χ1) is 13.0. The number of amides is 1. The van der Waals surface area contributed by atoms with E-state index in [1.165, 1.54) is 18.2 Å². The average Bonchev–Trinajstić information content (AvgIpc) is 2.69. The van der Waals surface area contributed by atoms with Crippen molar-refractivity contribution in [2.24, 2.45) is 0 Å². The quantitative estimate of drug-likeness (QED) is 0.716. The largest absolute Gasteiger partial charge is 0.495 e. The molecule has 27 heavy (non-hydrogen) atoms. The molecular formula is C20H22BrFN2O3. The Bertz CT molecular complexity index is 810. The van der Waals surface area contributed by atoms with Gasteiger partial charge >= 0.3 is 0 Å². The van der Waals surface area contributed by atoms with E-state index in [4.69, 9.17) is 9.47 Å². The van der Waals surface area contributed by atoms with Gasteiger partial charge in [0.05, 0.1) is 17.3 Å². The Morgan fingerprint density at radius 3 is 2.48 bits per heavy atom. The summed E-state index contributed by atoms with van der Waals surface area (Å²) in [6, 6.07) is 12.0. The van der Waals surface area contributed by atoms with Gasteiger partial charge in [-0.2, -0.15) is 0 Å². The Labute approximate surface area is 166 Å². The highest BCUT2D eigenvalue weighted by atomic mass is 79.9. The van der Waals surface area contributed by atoms with Gasteiger partial charge in [-0.05, 0) is 53.2 Å². The first kappa shape index (κ1) is 19.5. The molecule has 2 aromatic rings. The second kappa shape index (κ2) is 8.61. The van der Waals surface area contributed by atoms with Gasteiger partial charge < -0.3 is 19.3 Å². The third-order valence-corrected chi connectivity index (χ3v) is 5.18. The molecule has 1 amide bonds. The first-order valence-corrected chi connectivity index (χ1v) is 9.57. The second-order valence-corrected chi connectivity index (χ2v) is 7.17. The fourth-order valence-electron chi connectivity index (χ4n) is 3.13. The van der Waals surface area contributed by atoms with Crippen LogP contribution in [0, 0.1) is 5.82 Å². The zero-order valence-corrected chi connectivity index (χ0v) is 16.9. The number of methoxy groups -OCH3 is 1. The smallest absolute Gasteiger partial charge is 0.263 e. The molecule has 1 heterocycles. The van der Waals surface area contributed by atoms with Crippen molar-refractivity contribution < 1.29 is 18.7 Å². The molecule has 0 spiro atoms. The molecule has 0 saturated carbocycles. The van der Waals surface area contributed by atoms with Gasteiger partial charge in [0, 0.05) is 26.2 Å². The number of anilines is 1. The van der Waals surface area contributed by atoms with E-state index >= 15 is 0 Å². The molecule has 7 heteroatoms. The van der Waals surface area contributed by atoms with Gasteiger partial charge in [-0.3, -0.25) is 4.79 Å². The van der Waals surface area contributed by atoms with Gasteiger partial charge in [-0.1, -0.05) is 12.1 Å². The number of carbonyl (C=O) groups excluding carboxylic acids is 1. The van der Waals surface area contributed by atoms with Crippen LogP contribution in [0.15, 0.2) is 46.9 Å². The molecule has 1 aliphatic rings. The number of rotatable bonds is 5. The Hall–Kier alpha value is -2.28. The number of ether oxygens (including phenoxy) is 2. The molecule has 0 bridgehead atoms. The van der Waals surface area contributed by atoms with Gasteiger partial charge in [0.15, 0.2) is 6.10 Å². The van der Waals surface area contributed by atoms with Crippen LogP contribution in [0.2, 0.25) is 0 Å². The summed E-state index contributed by atoms with van der Waals surface area (Å²) in [6.07, 6.45) is -0.649. The summed E-state index contributed by atoms with van der Waals surface area (Å²) in [4.78, 5) is 16.7. The number of halogens is 2. The molecule has 1 unspecified atom stereocenters. The fourth-order valence-corrected chi connectivity index (χ4v) is 3.57. The maximum Gasteiger partial charge on any atom is 0.263 e. The monoisotopic (exact) mass is 436 g/mol. The lowest BCUT2D eigenvalue weighted by molar-refractivity contribution is -0.138. The van der Waals surface area contributed by atoms with Crippen LogP contribution >= 0.6 is 15.9 Å². The summed E-state index contributed by atoms with van der Waals surface area (Å²) in [6.45, 7) is 4.37. The Morgan fingerprint density at radius 2 is 1.81 bits per heavy atom. The van der Waals surface area contributed by atoms with Gasteiger partial charge in [0.25, 0.3) is 5.91 Å². The minimum Gasteiger partial charge on any atom is -0.495 e. The average molecular weight is 437 g/mol. The van der Waals surface area contributed by atoms with E-state index in [1.807, 2.05) is 24.3 Å². The van der Waals surface area contributed by atoms with Crippen molar-refractivity contribution in [2.45, 2.75) is 13.0 Å². The first-order valence-electron chi connectivity index (χ1n) is 8.78. The minimum atomic E-state index is -0.649.